The molecule has 0 saturated heterocycles. The van der Waals surface area contributed by atoms with Crippen LogP contribution < -0.4 is 10.3 Å². The van der Waals surface area contributed by atoms with Crippen molar-refractivity contribution in [3.8, 4) is 5.88 Å². The van der Waals surface area contributed by atoms with Crippen LogP contribution >= 0.6 is 15.9 Å². The average molecular weight is 536 g/mol. The van der Waals surface area contributed by atoms with E-state index in [1.54, 1.807) is 6.07 Å². The van der Waals surface area contributed by atoms with E-state index < -0.39 is 28.8 Å². The van der Waals surface area contributed by atoms with Gasteiger partial charge in [0.05, 0.1) is 6.54 Å². The molecule has 0 radical (unpaired) electrons. The van der Waals surface area contributed by atoms with Crippen molar-refractivity contribution < 1.29 is 23.4 Å². The number of amides is 1. The summed E-state index contributed by atoms with van der Waals surface area (Å²) in [4.78, 5) is 29.9. The van der Waals surface area contributed by atoms with Crippen LogP contribution in [-0.4, -0.2) is 31.2 Å². The molecule has 0 aliphatic carbocycles. The van der Waals surface area contributed by atoms with Gasteiger partial charge < -0.3 is 9.84 Å². The Hall–Kier alpha value is -3.27. The third-order valence-electron chi connectivity index (χ3n) is 5.06. The maximum Gasteiger partial charge on any atom is 0.408 e. The zero-order valence-electron chi connectivity index (χ0n) is 18.9. The summed E-state index contributed by atoms with van der Waals surface area (Å²) in [5.41, 5.74) is 0.726. The molecular weight excluding hydrogens is 512 g/mol. The summed E-state index contributed by atoms with van der Waals surface area (Å²) in [5.74, 6) is -1.46. The molecule has 34 heavy (non-hydrogen) atoms. The number of halogens is 3. The molecule has 2 aromatic carbocycles. The highest BCUT2D eigenvalue weighted by atomic mass is 79.9. The molecule has 1 amide bonds. The molecule has 0 unspecified atom stereocenters. The minimum atomic E-state index is -1.02. The zero-order valence-corrected chi connectivity index (χ0v) is 20.5. The number of carbonyl (C=O) groups is 1. The fraction of sp³-hybridized carbons (Fsp3) is 0.292. The van der Waals surface area contributed by atoms with Gasteiger partial charge in [-0.25, -0.2) is 18.6 Å². The van der Waals surface area contributed by atoms with Crippen molar-refractivity contribution in [1.29, 1.82) is 0 Å². The maximum atomic E-state index is 13.8. The number of hydrogen-bond acceptors (Lipinski definition) is 4. The van der Waals surface area contributed by atoms with Crippen LogP contribution in [0.1, 0.15) is 37.5 Å². The molecule has 0 aliphatic heterocycles. The molecule has 1 heterocycles. The molecular formula is C24H24BrF2N3O4. The van der Waals surface area contributed by atoms with Crippen molar-refractivity contribution >= 4 is 22.0 Å². The van der Waals surface area contributed by atoms with Crippen LogP contribution in [0.5, 0.6) is 5.88 Å². The molecule has 180 valence electrons. The molecule has 10 heteroatoms. The van der Waals surface area contributed by atoms with Gasteiger partial charge in [0.2, 0.25) is 5.88 Å². The van der Waals surface area contributed by atoms with E-state index in [2.05, 4.69) is 20.9 Å². The van der Waals surface area contributed by atoms with Crippen LogP contribution in [0.2, 0.25) is 0 Å². The summed E-state index contributed by atoms with van der Waals surface area (Å²) in [6.07, 6.45) is 0.299. The summed E-state index contributed by atoms with van der Waals surface area (Å²) in [7, 11) is 0. The number of benzene rings is 2. The van der Waals surface area contributed by atoms with Gasteiger partial charge in [0.1, 0.15) is 29.0 Å². The second kappa shape index (κ2) is 10.3. The fourth-order valence-corrected chi connectivity index (χ4v) is 3.69. The normalized spacial score (nSPS) is 11.4. The van der Waals surface area contributed by atoms with Crippen LogP contribution in [0.3, 0.4) is 0 Å². The largest absolute Gasteiger partial charge is 0.472 e. The molecule has 0 atom stereocenters. The molecule has 0 bridgehead atoms. The van der Waals surface area contributed by atoms with Gasteiger partial charge in [-0.3, -0.25) is 14.3 Å². The van der Waals surface area contributed by atoms with E-state index in [0.717, 1.165) is 23.3 Å². The average Bonchev–Trinajstić information content (AvgIpc) is 2.75. The van der Waals surface area contributed by atoms with Crippen LogP contribution in [0.4, 0.5) is 13.6 Å². The molecule has 1 N–H and O–H groups in total. The molecule has 3 rings (SSSR count). The topological polar surface area (TPSA) is 84.7 Å². The SMILES string of the molecule is CC(C)(C)N(Cc1cccc(Cn2cnc(OCc3ccc(F)cc3F)c(Br)c2=O)c1)C(=O)O. The van der Waals surface area contributed by atoms with Crippen LogP contribution in [0.25, 0.3) is 0 Å². The quantitative estimate of drug-likeness (QED) is 0.450. The van der Waals surface area contributed by atoms with Crippen molar-refractivity contribution in [2.45, 2.75) is 46.0 Å². The zero-order chi connectivity index (χ0) is 25.0. The highest BCUT2D eigenvalue weighted by Gasteiger charge is 2.26. The second-order valence-corrected chi connectivity index (χ2v) is 9.47. The molecule has 7 nitrogen and oxygen atoms in total. The third-order valence-corrected chi connectivity index (χ3v) is 5.73. The van der Waals surface area contributed by atoms with Crippen molar-refractivity contribution in [1.82, 2.24) is 14.5 Å². The monoisotopic (exact) mass is 535 g/mol. The summed E-state index contributed by atoms with van der Waals surface area (Å²) < 4.78 is 33.7. The van der Waals surface area contributed by atoms with Crippen LogP contribution in [0.15, 0.2) is 58.1 Å². The molecule has 0 aliphatic rings. The number of ether oxygens (including phenoxy) is 1. The van der Waals surface area contributed by atoms with E-state index in [1.807, 2.05) is 39.0 Å². The summed E-state index contributed by atoms with van der Waals surface area (Å²) in [6, 6.07) is 10.4. The lowest BCUT2D eigenvalue weighted by Gasteiger charge is -2.33. The van der Waals surface area contributed by atoms with E-state index in [9.17, 15) is 23.5 Å². The standard InChI is InChI=1S/C24H24BrF2N3O4/c1-24(2,3)30(23(32)33)12-16-6-4-5-15(9-16)11-29-14-28-21(20(25)22(29)31)34-13-17-7-8-18(26)10-19(17)27/h4-10,14H,11-13H2,1-3H3,(H,32,33). The Labute approximate surface area is 203 Å². The third kappa shape index (κ3) is 6.19. The van der Waals surface area contributed by atoms with Crippen molar-refractivity contribution in [3.63, 3.8) is 0 Å². The first-order valence-corrected chi connectivity index (χ1v) is 11.1. The predicted octanol–water partition coefficient (Wildman–Crippen LogP) is 5.19. The van der Waals surface area contributed by atoms with Crippen LogP contribution in [0, 0.1) is 11.6 Å². The van der Waals surface area contributed by atoms with Gasteiger partial charge in [-0.2, -0.15) is 0 Å². The van der Waals surface area contributed by atoms with Crippen molar-refractivity contribution in [3.05, 3.63) is 91.9 Å². The van der Waals surface area contributed by atoms with Gasteiger partial charge >= 0.3 is 6.09 Å². The van der Waals surface area contributed by atoms with Gasteiger partial charge in [0, 0.05) is 23.7 Å². The number of rotatable bonds is 7. The van der Waals surface area contributed by atoms with Crippen LogP contribution in [-0.2, 0) is 19.7 Å². The lowest BCUT2D eigenvalue weighted by Crippen LogP contribution is -2.44. The van der Waals surface area contributed by atoms with Gasteiger partial charge in [-0.05, 0) is 60.0 Å². The van der Waals surface area contributed by atoms with Crippen molar-refractivity contribution in [2.24, 2.45) is 0 Å². The Balaban J connectivity index is 1.75. The summed E-state index contributed by atoms with van der Waals surface area (Å²) in [6.45, 7) is 5.65. The van der Waals surface area contributed by atoms with Crippen molar-refractivity contribution in [2.75, 3.05) is 0 Å². The maximum absolute atomic E-state index is 13.8. The minimum Gasteiger partial charge on any atom is -0.472 e. The Kier molecular flexibility index (Phi) is 7.71. The molecule has 0 fully saturated rings. The number of nitrogens with zero attached hydrogens (tertiary/aromatic N) is 3. The van der Waals surface area contributed by atoms with E-state index >= 15 is 0 Å². The first-order chi connectivity index (χ1) is 16.0. The van der Waals surface area contributed by atoms with Gasteiger partial charge in [0.25, 0.3) is 5.56 Å². The van der Waals surface area contributed by atoms with Gasteiger partial charge in [0.15, 0.2) is 0 Å². The van der Waals surface area contributed by atoms with E-state index in [0.29, 0.717) is 0 Å². The molecule has 0 saturated carbocycles. The first-order valence-electron chi connectivity index (χ1n) is 10.4. The smallest absolute Gasteiger partial charge is 0.408 e. The number of carboxylic acid groups (broad SMARTS) is 1. The van der Waals surface area contributed by atoms with E-state index in [-0.39, 0.29) is 35.6 Å². The lowest BCUT2D eigenvalue weighted by atomic mass is 10.0. The highest BCUT2D eigenvalue weighted by Crippen LogP contribution is 2.21. The Morgan fingerprint density at radius 3 is 2.53 bits per heavy atom. The van der Waals surface area contributed by atoms with E-state index in [4.69, 9.17) is 4.74 Å². The number of hydrogen-bond donors (Lipinski definition) is 1. The number of aromatic nitrogens is 2. The lowest BCUT2D eigenvalue weighted by molar-refractivity contribution is 0.0955. The second-order valence-electron chi connectivity index (χ2n) is 8.68. The molecule has 1 aromatic heterocycles. The first kappa shape index (κ1) is 25.4. The fourth-order valence-electron chi connectivity index (χ4n) is 3.24. The van der Waals surface area contributed by atoms with Gasteiger partial charge in [-0.1, -0.05) is 24.3 Å². The Bertz CT molecular complexity index is 1260. The minimum absolute atomic E-state index is 0.0130. The Morgan fingerprint density at radius 2 is 1.88 bits per heavy atom. The Morgan fingerprint density at radius 1 is 1.18 bits per heavy atom. The summed E-state index contributed by atoms with van der Waals surface area (Å²) in [5, 5.41) is 9.53. The summed E-state index contributed by atoms with van der Waals surface area (Å²) >= 11 is 3.19. The molecule has 0 spiro atoms. The predicted molar refractivity (Wildman–Crippen MR) is 126 cm³/mol. The molecule has 3 aromatic rings. The van der Waals surface area contributed by atoms with Gasteiger partial charge in [-0.15, -0.1) is 0 Å². The van der Waals surface area contributed by atoms with E-state index in [1.165, 1.54) is 21.9 Å². The highest BCUT2D eigenvalue weighted by molar-refractivity contribution is 9.10.